The Morgan fingerprint density at radius 3 is 2.68 bits per heavy atom. The van der Waals surface area contributed by atoms with E-state index in [2.05, 4.69) is 40.3 Å². The van der Waals surface area contributed by atoms with Crippen LogP contribution in [0.1, 0.15) is 23.6 Å². The summed E-state index contributed by atoms with van der Waals surface area (Å²) in [5, 5.41) is 12.6. The highest BCUT2D eigenvalue weighted by Gasteiger charge is 2.07. The predicted octanol–water partition coefficient (Wildman–Crippen LogP) is 3.81. The zero-order valence-corrected chi connectivity index (χ0v) is 14.6. The van der Waals surface area contributed by atoms with Crippen LogP contribution in [0.3, 0.4) is 0 Å². The molecule has 0 bridgehead atoms. The molecule has 2 aromatic rings. The molecule has 0 fully saturated rings. The first-order chi connectivity index (χ1) is 10.6. The molecule has 0 aliphatic heterocycles. The van der Waals surface area contributed by atoms with Crippen molar-refractivity contribution in [3.8, 4) is 5.75 Å². The van der Waals surface area contributed by atoms with Crippen LogP contribution in [0.15, 0.2) is 46.9 Å². The maximum atomic E-state index is 9.33. The van der Waals surface area contributed by atoms with E-state index in [9.17, 15) is 5.11 Å². The normalized spacial score (nSPS) is 12.2. The highest BCUT2D eigenvalue weighted by atomic mass is 79.9. The number of hydrogen-bond donors (Lipinski definition) is 2. The molecule has 0 aromatic heterocycles. The Morgan fingerprint density at radius 1 is 1.18 bits per heavy atom. The molecule has 0 aliphatic carbocycles. The lowest BCUT2D eigenvalue weighted by atomic mass is 10.1. The van der Waals surface area contributed by atoms with E-state index in [1.807, 2.05) is 30.3 Å². The van der Waals surface area contributed by atoms with Crippen molar-refractivity contribution >= 4 is 15.9 Å². The van der Waals surface area contributed by atoms with Gasteiger partial charge in [0.1, 0.15) is 12.4 Å². The van der Waals surface area contributed by atoms with E-state index in [1.165, 1.54) is 11.1 Å². The summed E-state index contributed by atoms with van der Waals surface area (Å²) in [4.78, 5) is 0. The first-order valence-corrected chi connectivity index (χ1v) is 8.20. The molecule has 0 radical (unpaired) electrons. The quantitative estimate of drug-likeness (QED) is 0.785. The fourth-order valence-electron chi connectivity index (χ4n) is 2.17. The monoisotopic (exact) mass is 363 g/mol. The van der Waals surface area contributed by atoms with Crippen molar-refractivity contribution < 1.29 is 9.84 Å². The Balaban J connectivity index is 2.05. The molecule has 2 aromatic carbocycles. The van der Waals surface area contributed by atoms with Crippen LogP contribution in [0, 0.1) is 6.92 Å². The molecule has 118 valence electrons. The van der Waals surface area contributed by atoms with Gasteiger partial charge in [-0.1, -0.05) is 40.2 Å². The van der Waals surface area contributed by atoms with E-state index >= 15 is 0 Å². The second-order valence-electron chi connectivity index (χ2n) is 5.45. The molecule has 4 heteroatoms. The Bertz CT molecular complexity index is 614. The van der Waals surface area contributed by atoms with Gasteiger partial charge < -0.3 is 15.2 Å². The highest BCUT2D eigenvalue weighted by Crippen LogP contribution is 2.24. The molecule has 3 nitrogen and oxygen atoms in total. The minimum absolute atomic E-state index is 0.358. The summed E-state index contributed by atoms with van der Waals surface area (Å²) in [5.74, 6) is 0.865. The fraction of sp³-hybridized carbons (Fsp3) is 0.333. The maximum Gasteiger partial charge on any atom is 0.124 e. The van der Waals surface area contributed by atoms with Crippen molar-refractivity contribution in [2.75, 3.05) is 6.54 Å². The molecule has 0 unspecified atom stereocenters. The third-order valence-electron chi connectivity index (χ3n) is 3.42. The van der Waals surface area contributed by atoms with Gasteiger partial charge in [0.25, 0.3) is 0 Å². The smallest absolute Gasteiger partial charge is 0.124 e. The number of benzene rings is 2. The average molecular weight is 364 g/mol. The highest BCUT2D eigenvalue weighted by molar-refractivity contribution is 9.10. The Morgan fingerprint density at radius 2 is 1.95 bits per heavy atom. The van der Waals surface area contributed by atoms with Crippen LogP contribution in [0.2, 0.25) is 0 Å². The van der Waals surface area contributed by atoms with Gasteiger partial charge in [0.15, 0.2) is 0 Å². The first kappa shape index (κ1) is 17.0. The average Bonchev–Trinajstić information content (AvgIpc) is 2.47. The standard InChI is InChI=1S/C18H22BrNO2/c1-13-5-3-4-6-15(13)12-22-18-8-7-17(19)9-16(18)11-20-10-14(2)21/h3-9,14,20-21H,10-12H2,1-2H3/t14-/m1/s1. The zero-order chi connectivity index (χ0) is 15.9. The van der Waals surface area contributed by atoms with Crippen molar-refractivity contribution in [3.05, 3.63) is 63.6 Å². The van der Waals surface area contributed by atoms with Crippen molar-refractivity contribution in [2.24, 2.45) is 0 Å². The summed E-state index contributed by atoms with van der Waals surface area (Å²) in [6.45, 7) is 5.63. The lowest BCUT2D eigenvalue weighted by Gasteiger charge is -2.14. The third kappa shape index (κ3) is 5.13. The molecule has 22 heavy (non-hydrogen) atoms. The molecule has 0 amide bonds. The Labute approximate surface area is 140 Å². The summed E-state index contributed by atoms with van der Waals surface area (Å²) in [6.07, 6.45) is -0.358. The summed E-state index contributed by atoms with van der Waals surface area (Å²) < 4.78 is 7.01. The van der Waals surface area contributed by atoms with Crippen LogP contribution in [0.5, 0.6) is 5.75 Å². The Kier molecular flexibility index (Phi) is 6.43. The lowest BCUT2D eigenvalue weighted by molar-refractivity contribution is 0.190. The second kappa shape index (κ2) is 8.32. The van der Waals surface area contributed by atoms with E-state index in [1.54, 1.807) is 6.92 Å². The van der Waals surface area contributed by atoms with Gasteiger partial charge in [-0.2, -0.15) is 0 Å². The summed E-state index contributed by atoms with van der Waals surface area (Å²) >= 11 is 3.49. The molecule has 1 atom stereocenters. The van der Waals surface area contributed by atoms with Crippen LogP contribution >= 0.6 is 15.9 Å². The van der Waals surface area contributed by atoms with Crippen LogP contribution < -0.4 is 10.1 Å². The van der Waals surface area contributed by atoms with Crippen LogP contribution in [0.25, 0.3) is 0 Å². The van der Waals surface area contributed by atoms with E-state index in [0.717, 1.165) is 15.8 Å². The van der Waals surface area contributed by atoms with Gasteiger partial charge in [0.2, 0.25) is 0 Å². The number of ether oxygens (including phenoxy) is 1. The lowest BCUT2D eigenvalue weighted by Crippen LogP contribution is -2.24. The van der Waals surface area contributed by atoms with Crippen molar-refractivity contribution in [1.82, 2.24) is 5.32 Å². The molecular weight excluding hydrogens is 342 g/mol. The Hall–Kier alpha value is -1.36. The predicted molar refractivity (Wildman–Crippen MR) is 93.0 cm³/mol. The molecule has 2 N–H and O–H groups in total. The zero-order valence-electron chi connectivity index (χ0n) is 13.0. The molecule has 0 saturated heterocycles. The minimum Gasteiger partial charge on any atom is -0.489 e. The number of aliphatic hydroxyl groups excluding tert-OH is 1. The van der Waals surface area contributed by atoms with Crippen molar-refractivity contribution in [1.29, 1.82) is 0 Å². The second-order valence-corrected chi connectivity index (χ2v) is 6.36. The summed E-state index contributed by atoms with van der Waals surface area (Å²) in [6, 6.07) is 14.2. The SMILES string of the molecule is Cc1ccccc1COc1ccc(Br)cc1CNC[C@@H](C)O. The van der Waals surface area contributed by atoms with E-state index in [0.29, 0.717) is 19.7 Å². The largest absolute Gasteiger partial charge is 0.489 e. The van der Waals surface area contributed by atoms with Gasteiger partial charge >= 0.3 is 0 Å². The van der Waals surface area contributed by atoms with Gasteiger partial charge in [-0.25, -0.2) is 0 Å². The third-order valence-corrected chi connectivity index (χ3v) is 3.92. The van der Waals surface area contributed by atoms with Crippen LogP contribution in [-0.2, 0) is 13.2 Å². The number of nitrogens with one attached hydrogen (secondary N) is 1. The number of hydrogen-bond acceptors (Lipinski definition) is 3. The van der Waals surface area contributed by atoms with Crippen molar-refractivity contribution in [2.45, 2.75) is 33.1 Å². The topological polar surface area (TPSA) is 41.5 Å². The summed E-state index contributed by atoms with van der Waals surface area (Å²) in [5.41, 5.74) is 3.49. The molecule has 0 spiro atoms. The van der Waals surface area contributed by atoms with Crippen LogP contribution in [0.4, 0.5) is 0 Å². The molecule has 0 saturated carbocycles. The van der Waals surface area contributed by atoms with Gasteiger partial charge in [-0.15, -0.1) is 0 Å². The first-order valence-electron chi connectivity index (χ1n) is 7.41. The molecule has 0 aliphatic rings. The van der Waals surface area contributed by atoms with Gasteiger partial charge in [0.05, 0.1) is 6.10 Å². The van der Waals surface area contributed by atoms with Crippen LogP contribution in [-0.4, -0.2) is 17.8 Å². The minimum atomic E-state index is -0.358. The van der Waals surface area contributed by atoms with E-state index in [-0.39, 0.29) is 6.10 Å². The molecule has 2 rings (SSSR count). The summed E-state index contributed by atoms with van der Waals surface area (Å²) in [7, 11) is 0. The maximum absolute atomic E-state index is 9.33. The molecular formula is C18H22BrNO2. The molecule has 0 heterocycles. The number of halogens is 1. The fourth-order valence-corrected chi connectivity index (χ4v) is 2.58. The number of aryl methyl sites for hydroxylation is 1. The van der Waals surface area contributed by atoms with Crippen molar-refractivity contribution in [3.63, 3.8) is 0 Å². The van der Waals surface area contributed by atoms with Gasteiger partial charge in [-0.3, -0.25) is 0 Å². The number of rotatable bonds is 7. The van der Waals surface area contributed by atoms with E-state index < -0.39 is 0 Å². The van der Waals surface area contributed by atoms with Gasteiger partial charge in [0, 0.05) is 23.1 Å². The number of aliphatic hydroxyl groups is 1. The van der Waals surface area contributed by atoms with E-state index in [4.69, 9.17) is 4.74 Å². The van der Waals surface area contributed by atoms with Gasteiger partial charge in [-0.05, 0) is 43.2 Å².